The van der Waals surface area contributed by atoms with Crippen molar-refractivity contribution in [3.8, 4) is 0 Å². The molecule has 1 aromatic rings. The van der Waals surface area contributed by atoms with E-state index in [-0.39, 0.29) is 5.78 Å². The molecule has 0 fully saturated rings. The molecule has 3 nitrogen and oxygen atoms in total. The third kappa shape index (κ3) is 5.81. The fourth-order valence-corrected chi connectivity index (χ4v) is 1.44. The van der Waals surface area contributed by atoms with Crippen LogP contribution in [0.3, 0.4) is 0 Å². The van der Waals surface area contributed by atoms with Gasteiger partial charge in [-0.3, -0.25) is 4.79 Å². The SMILES string of the molecule is [N-]=[N+]=CC(=O)CCC/C=C/c1ccc(Cl)cc1. The zero-order chi connectivity index (χ0) is 12.5. The van der Waals surface area contributed by atoms with Crippen LogP contribution in [0.15, 0.2) is 30.3 Å². The van der Waals surface area contributed by atoms with Gasteiger partial charge in [0, 0.05) is 11.4 Å². The van der Waals surface area contributed by atoms with Crippen molar-refractivity contribution in [2.45, 2.75) is 19.3 Å². The summed E-state index contributed by atoms with van der Waals surface area (Å²) < 4.78 is 0. The monoisotopic (exact) mass is 248 g/mol. The number of carbonyl (C=O) groups excluding carboxylic acids is 1. The first-order valence-electron chi connectivity index (χ1n) is 5.35. The van der Waals surface area contributed by atoms with Gasteiger partial charge in [0.15, 0.2) is 0 Å². The smallest absolute Gasteiger partial charge is 0.323 e. The van der Waals surface area contributed by atoms with E-state index in [9.17, 15) is 4.79 Å². The van der Waals surface area contributed by atoms with E-state index in [0.29, 0.717) is 6.42 Å². The molecular weight excluding hydrogens is 236 g/mol. The van der Waals surface area contributed by atoms with Crippen LogP contribution in [-0.4, -0.2) is 16.8 Å². The van der Waals surface area contributed by atoms with Gasteiger partial charge in [-0.05, 0) is 30.5 Å². The highest BCUT2D eigenvalue weighted by Gasteiger charge is 1.99. The van der Waals surface area contributed by atoms with Crippen molar-refractivity contribution in [3.05, 3.63) is 46.5 Å². The molecule has 0 heterocycles. The summed E-state index contributed by atoms with van der Waals surface area (Å²) in [4.78, 5) is 13.7. The topological polar surface area (TPSA) is 53.5 Å². The van der Waals surface area contributed by atoms with E-state index in [2.05, 4.69) is 4.79 Å². The van der Waals surface area contributed by atoms with Gasteiger partial charge >= 0.3 is 6.21 Å². The van der Waals surface area contributed by atoms with Gasteiger partial charge < -0.3 is 5.53 Å². The van der Waals surface area contributed by atoms with Crippen LogP contribution in [0, 0.1) is 0 Å². The van der Waals surface area contributed by atoms with Gasteiger partial charge in [-0.2, -0.15) is 4.79 Å². The van der Waals surface area contributed by atoms with E-state index >= 15 is 0 Å². The molecule has 0 saturated heterocycles. The Hall–Kier alpha value is -1.70. The lowest BCUT2D eigenvalue weighted by Gasteiger charge is -1.93. The minimum Gasteiger partial charge on any atom is -0.361 e. The molecule has 1 aromatic carbocycles. The van der Waals surface area contributed by atoms with Crippen molar-refractivity contribution in [1.82, 2.24) is 0 Å². The zero-order valence-electron chi connectivity index (χ0n) is 9.34. The zero-order valence-corrected chi connectivity index (χ0v) is 10.1. The third-order valence-electron chi connectivity index (χ3n) is 2.18. The molecule has 88 valence electrons. The van der Waals surface area contributed by atoms with Crippen molar-refractivity contribution in [3.63, 3.8) is 0 Å². The van der Waals surface area contributed by atoms with E-state index in [1.54, 1.807) is 0 Å². The first-order valence-corrected chi connectivity index (χ1v) is 5.72. The van der Waals surface area contributed by atoms with E-state index in [0.717, 1.165) is 29.6 Å². The fraction of sp³-hybridized carbons (Fsp3) is 0.231. The van der Waals surface area contributed by atoms with Gasteiger partial charge in [0.1, 0.15) is 0 Å². The van der Waals surface area contributed by atoms with Gasteiger partial charge in [0.05, 0.1) is 0 Å². The predicted octanol–water partition coefficient (Wildman–Crippen LogP) is 3.39. The van der Waals surface area contributed by atoms with Crippen LogP contribution in [0.1, 0.15) is 24.8 Å². The molecule has 0 N–H and O–H groups in total. The van der Waals surface area contributed by atoms with Crippen LogP contribution in [0.25, 0.3) is 11.6 Å². The number of ketones is 1. The molecule has 1 rings (SSSR count). The number of allylic oxidation sites excluding steroid dienone is 1. The first-order chi connectivity index (χ1) is 8.22. The van der Waals surface area contributed by atoms with Crippen molar-refractivity contribution >= 4 is 29.7 Å². The summed E-state index contributed by atoms with van der Waals surface area (Å²) in [6.45, 7) is 0. The standard InChI is InChI=1S/C13H13ClN2O/c14-12-8-6-11(7-9-12)4-2-1-3-5-13(17)10-16-15/h2,4,6-10H,1,3,5H2/b4-2+. The van der Waals surface area contributed by atoms with Crippen LogP contribution in [-0.2, 0) is 4.79 Å². The van der Waals surface area contributed by atoms with Gasteiger partial charge in [0.2, 0.25) is 5.78 Å². The number of unbranched alkanes of at least 4 members (excludes halogenated alkanes) is 1. The Morgan fingerprint density at radius 3 is 2.71 bits per heavy atom. The Labute approximate surface area is 105 Å². The van der Waals surface area contributed by atoms with E-state index in [1.807, 2.05) is 36.4 Å². The van der Waals surface area contributed by atoms with Crippen molar-refractivity contribution in [2.75, 3.05) is 0 Å². The highest BCUT2D eigenvalue weighted by atomic mass is 35.5. The Balaban J connectivity index is 2.29. The van der Waals surface area contributed by atoms with Crippen LogP contribution in [0.2, 0.25) is 5.02 Å². The molecule has 0 saturated carbocycles. The molecule has 0 aliphatic carbocycles. The molecule has 0 unspecified atom stereocenters. The third-order valence-corrected chi connectivity index (χ3v) is 2.43. The van der Waals surface area contributed by atoms with E-state index in [4.69, 9.17) is 17.1 Å². The summed E-state index contributed by atoms with van der Waals surface area (Å²) in [6, 6.07) is 7.54. The van der Waals surface area contributed by atoms with Crippen molar-refractivity contribution in [2.24, 2.45) is 0 Å². The maximum Gasteiger partial charge on any atom is 0.323 e. The lowest BCUT2D eigenvalue weighted by atomic mass is 10.1. The molecule has 0 atom stereocenters. The summed E-state index contributed by atoms with van der Waals surface area (Å²) in [6.07, 6.45) is 6.88. The number of carbonyl (C=O) groups is 1. The average molecular weight is 249 g/mol. The highest BCUT2D eigenvalue weighted by Crippen LogP contribution is 2.11. The Morgan fingerprint density at radius 1 is 1.35 bits per heavy atom. The molecular formula is C13H13ClN2O. The molecule has 0 radical (unpaired) electrons. The largest absolute Gasteiger partial charge is 0.361 e. The Morgan fingerprint density at radius 2 is 2.06 bits per heavy atom. The lowest BCUT2D eigenvalue weighted by Crippen LogP contribution is -1.98. The van der Waals surface area contributed by atoms with Gasteiger partial charge in [-0.15, -0.1) is 0 Å². The van der Waals surface area contributed by atoms with Crippen LogP contribution >= 0.6 is 11.6 Å². The summed E-state index contributed by atoms with van der Waals surface area (Å²) in [5, 5.41) is 0.719. The molecule has 0 aromatic heterocycles. The maximum atomic E-state index is 11.0. The molecule has 0 aliphatic rings. The molecule has 17 heavy (non-hydrogen) atoms. The maximum absolute atomic E-state index is 11.0. The second-order valence-electron chi connectivity index (χ2n) is 3.56. The summed E-state index contributed by atoms with van der Waals surface area (Å²) in [7, 11) is 0. The molecule has 4 heteroatoms. The van der Waals surface area contributed by atoms with Gasteiger partial charge in [0.25, 0.3) is 0 Å². The van der Waals surface area contributed by atoms with E-state index in [1.165, 1.54) is 0 Å². The minimum absolute atomic E-state index is 0.160. The molecule has 0 amide bonds. The highest BCUT2D eigenvalue weighted by molar-refractivity contribution is 6.30. The molecule has 0 aliphatic heterocycles. The number of Topliss-reactive ketones (excluding diaryl/α,β-unsaturated/α-hetero) is 1. The summed E-state index contributed by atoms with van der Waals surface area (Å²) in [5.74, 6) is -0.160. The minimum atomic E-state index is -0.160. The number of hydrogen-bond donors (Lipinski definition) is 0. The normalized spacial score (nSPS) is 10.2. The average Bonchev–Trinajstić information content (AvgIpc) is 2.31. The Kier molecular flexibility index (Phi) is 5.94. The number of hydrogen-bond acceptors (Lipinski definition) is 1. The van der Waals surface area contributed by atoms with Crippen LogP contribution < -0.4 is 0 Å². The van der Waals surface area contributed by atoms with Crippen LogP contribution in [0.4, 0.5) is 0 Å². The second-order valence-corrected chi connectivity index (χ2v) is 3.99. The number of rotatable bonds is 6. The van der Waals surface area contributed by atoms with Gasteiger partial charge in [-0.1, -0.05) is 35.9 Å². The van der Waals surface area contributed by atoms with E-state index < -0.39 is 0 Å². The first kappa shape index (κ1) is 13.4. The number of halogens is 1. The summed E-state index contributed by atoms with van der Waals surface area (Å²) >= 11 is 5.77. The van der Waals surface area contributed by atoms with Crippen molar-refractivity contribution < 1.29 is 9.58 Å². The molecule has 0 spiro atoms. The quantitative estimate of drug-likeness (QED) is 0.329. The Bertz CT molecular complexity index is 445. The predicted molar refractivity (Wildman–Crippen MR) is 69.0 cm³/mol. The second kappa shape index (κ2) is 7.55. The fourth-order valence-electron chi connectivity index (χ4n) is 1.32. The van der Waals surface area contributed by atoms with Crippen molar-refractivity contribution in [1.29, 1.82) is 0 Å². The van der Waals surface area contributed by atoms with Gasteiger partial charge in [-0.25, -0.2) is 0 Å². The molecule has 0 bridgehead atoms. The summed E-state index contributed by atoms with van der Waals surface area (Å²) in [5.41, 5.74) is 9.22. The van der Waals surface area contributed by atoms with Crippen LogP contribution in [0.5, 0.6) is 0 Å². The number of nitrogens with zero attached hydrogens (tertiary/aromatic N) is 2. The number of benzene rings is 1. The lowest BCUT2D eigenvalue weighted by molar-refractivity contribution is -0.116.